The van der Waals surface area contributed by atoms with Crippen LogP contribution < -0.4 is 10.6 Å². The lowest BCUT2D eigenvalue weighted by Crippen LogP contribution is -2.65. The van der Waals surface area contributed by atoms with Gasteiger partial charge >= 0.3 is 0 Å². The Balaban J connectivity index is 2.33. The van der Waals surface area contributed by atoms with Crippen LogP contribution in [0.25, 0.3) is 0 Å². The van der Waals surface area contributed by atoms with Crippen LogP contribution >= 0.6 is 0 Å². The molecule has 1 saturated heterocycles. The standard InChI is InChI=1S/C9H18N2O/c1-4-5-10-8(12)7-9(2,3)6-11-7/h7,11H,4-6H2,1-3H3,(H,10,12). The van der Waals surface area contributed by atoms with Gasteiger partial charge < -0.3 is 10.6 Å². The average Bonchev–Trinajstić information content (AvgIpc) is 1.99. The molecular weight excluding hydrogens is 152 g/mol. The van der Waals surface area contributed by atoms with Crippen molar-refractivity contribution in [3.63, 3.8) is 0 Å². The van der Waals surface area contributed by atoms with Crippen molar-refractivity contribution >= 4 is 5.91 Å². The molecule has 0 radical (unpaired) electrons. The lowest BCUT2D eigenvalue weighted by Gasteiger charge is -2.44. The zero-order valence-corrected chi connectivity index (χ0v) is 8.11. The largest absolute Gasteiger partial charge is 0.355 e. The fraction of sp³-hybridized carbons (Fsp3) is 0.889. The van der Waals surface area contributed by atoms with Crippen molar-refractivity contribution in [1.82, 2.24) is 10.6 Å². The zero-order valence-electron chi connectivity index (χ0n) is 8.11. The molecule has 0 aromatic heterocycles. The third kappa shape index (κ3) is 1.78. The molecule has 0 aromatic carbocycles. The van der Waals surface area contributed by atoms with Gasteiger partial charge in [0.2, 0.25) is 5.91 Å². The minimum atomic E-state index is 0.0176. The van der Waals surface area contributed by atoms with Gasteiger partial charge in [0.05, 0.1) is 6.04 Å². The van der Waals surface area contributed by atoms with Crippen LogP contribution in [0.15, 0.2) is 0 Å². The smallest absolute Gasteiger partial charge is 0.237 e. The number of carbonyl (C=O) groups excluding carboxylic acids is 1. The Morgan fingerprint density at radius 1 is 1.67 bits per heavy atom. The van der Waals surface area contributed by atoms with E-state index in [1.165, 1.54) is 0 Å². The Labute approximate surface area is 73.9 Å². The molecule has 0 aliphatic carbocycles. The van der Waals surface area contributed by atoms with Crippen molar-refractivity contribution in [1.29, 1.82) is 0 Å². The molecule has 0 bridgehead atoms. The summed E-state index contributed by atoms with van der Waals surface area (Å²) in [5.74, 6) is 0.146. The summed E-state index contributed by atoms with van der Waals surface area (Å²) < 4.78 is 0. The van der Waals surface area contributed by atoms with Gasteiger partial charge in [0.1, 0.15) is 0 Å². The fourth-order valence-corrected chi connectivity index (χ4v) is 1.41. The summed E-state index contributed by atoms with van der Waals surface area (Å²) >= 11 is 0. The first kappa shape index (κ1) is 9.52. The molecule has 70 valence electrons. The monoisotopic (exact) mass is 170 g/mol. The lowest BCUT2D eigenvalue weighted by molar-refractivity contribution is -0.129. The van der Waals surface area contributed by atoms with Crippen molar-refractivity contribution in [3.05, 3.63) is 0 Å². The number of nitrogens with one attached hydrogen (secondary N) is 2. The molecule has 1 heterocycles. The third-order valence-corrected chi connectivity index (χ3v) is 2.35. The molecule has 0 aromatic rings. The van der Waals surface area contributed by atoms with Crippen molar-refractivity contribution in [2.24, 2.45) is 5.41 Å². The molecule has 0 spiro atoms. The molecule has 1 unspecified atom stereocenters. The van der Waals surface area contributed by atoms with E-state index < -0.39 is 0 Å². The van der Waals surface area contributed by atoms with E-state index in [1.54, 1.807) is 0 Å². The number of hydrogen-bond acceptors (Lipinski definition) is 2. The maximum Gasteiger partial charge on any atom is 0.237 e. The third-order valence-electron chi connectivity index (χ3n) is 2.35. The molecule has 1 atom stereocenters. The SMILES string of the molecule is CCCNC(=O)C1NCC1(C)C. The van der Waals surface area contributed by atoms with E-state index in [4.69, 9.17) is 0 Å². The number of carbonyl (C=O) groups is 1. The Kier molecular flexibility index (Phi) is 2.73. The maximum absolute atomic E-state index is 11.4. The molecular formula is C9H18N2O. The van der Waals surface area contributed by atoms with Crippen LogP contribution in [-0.2, 0) is 4.79 Å². The van der Waals surface area contributed by atoms with Gasteiger partial charge in [0, 0.05) is 18.5 Å². The highest BCUT2D eigenvalue weighted by molar-refractivity contribution is 5.83. The second kappa shape index (κ2) is 3.44. The maximum atomic E-state index is 11.4. The lowest BCUT2D eigenvalue weighted by atomic mass is 9.77. The first-order chi connectivity index (χ1) is 5.58. The van der Waals surface area contributed by atoms with Crippen LogP contribution in [0.4, 0.5) is 0 Å². The van der Waals surface area contributed by atoms with Crippen molar-refractivity contribution in [2.75, 3.05) is 13.1 Å². The second-order valence-electron chi connectivity index (χ2n) is 4.09. The van der Waals surface area contributed by atoms with Crippen molar-refractivity contribution < 1.29 is 4.79 Å². The summed E-state index contributed by atoms with van der Waals surface area (Å²) in [5, 5.41) is 6.02. The fourth-order valence-electron chi connectivity index (χ4n) is 1.41. The van der Waals surface area contributed by atoms with Gasteiger partial charge in [-0.1, -0.05) is 20.8 Å². The first-order valence-electron chi connectivity index (χ1n) is 4.59. The van der Waals surface area contributed by atoms with Gasteiger partial charge in [-0.25, -0.2) is 0 Å². The zero-order chi connectivity index (χ0) is 9.19. The molecule has 2 N–H and O–H groups in total. The highest BCUT2D eigenvalue weighted by atomic mass is 16.2. The highest BCUT2D eigenvalue weighted by Crippen LogP contribution is 2.27. The van der Waals surface area contributed by atoms with Crippen LogP contribution in [0.3, 0.4) is 0 Å². The van der Waals surface area contributed by atoms with Gasteiger partial charge in [-0.05, 0) is 6.42 Å². The molecule has 1 amide bonds. The molecule has 3 nitrogen and oxygen atoms in total. The van der Waals surface area contributed by atoms with E-state index in [0.717, 1.165) is 19.5 Å². The number of amides is 1. The van der Waals surface area contributed by atoms with E-state index in [0.29, 0.717) is 0 Å². The predicted molar refractivity (Wildman–Crippen MR) is 48.9 cm³/mol. The normalized spacial score (nSPS) is 26.1. The molecule has 0 saturated carbocycles. The van der Waals surface area contributed by atoms with Crippen molar-refractivity contribution in [3.8, 4) is 0 Å². The highest BCUT2D eigenvalue weighted by Gasteiger charge is 2.42. The summed E-state index contributed by atoms with van der Waals surface area (Å²) in [7, 11) is 0. The number of rotatable bonds is 3. The van der Waals surface area contributed by atoms with E-state index in [2.05, 4.69) is 31.4 Å². The first-order valence-corrected chi connectivity index (χ1v) is 4.59. The van der Waals surface area contributed by atoms with E-state index in [1.807, 2.05) is 0 Å². The summed E-state index contributed by atoms with van der Waals surface area (Å²) in [6.07, 6.45) is 0.999. The summed E-state index contributed by atoms with van der Waals surface area (Å²) in [4.78, 5) is 11.4. The van der Waals surface area contributed by atoms with Crippen LogP contribution in [0.2, 0.25) is 0 Å². The van der Waals surface area contributed by atoms with Gasteiger partial charge in [-0.15, -0.1) is 0 Å². The molecule has 3 heteroatoms. The Morgan fingerprint density at radius 2 is 2.33 bits per heavy atom. The predicted octanol–water partition coefficient (Wildman–Crippen LogP) is 0.511. The van der Waals surface area contributed by atoms with Gasteiger partial charge in [-0.3, -0.25) is 4.79 Å². The van der Waals surface area contributed by atoms with Gasteiger partial charge in [0.15, 0.2) is 0 Å². The number of hydrogen-bond donors (Lipinski definition) is 2. The second-order valence-corrected chi connectivity index (χ2v) is 4.09. The van der Waals surface area contributed by atoms with Crippen LogP contribution in [0.5, 0.6) is 0 Å². The van der Waals surface area contributed by atoms with Crippen LogP contribution in [0, 0.1) is 5.41 Å². The van der Waals surface area contributed by atoms with Crippen LogP contribution in [0.1, 0.15) is 27.2 Å². The topological polar surface area (TPSA) is 41.1 Å². The molecule has 1 aliphatic heterocycles. The molecule has 1 aliphatic rings. The Morgan fingerprint density at radius 3 is 2.67 bits per heavy atom. The Bertz CT molecular complexity index is 177. The minimum Gasteiger partial charge on any atom is -0.355 e. The molecule has 1 rings (SSSR count). The average molecular weight is 170 g/mol. The van der Waals surface area contributed by atoms with Crippen molar-refractivity contribution in [2.45, 2.75) is 33.2 Å². The van der Waals surface area contributed by atoms with Crippen LogP contribution in [-0.4, -0.2) is 25.0 Å². The molecule has 12 heavy (non-hydrogen) atoms. The van der Waals surface area contributed by atoms with E-state index in [-0.39, 0.29) is 17.4 Å². The summed E-state index contributed by atoms with van der Waals surface area (Å²) in [6.45, 7) is 8.00. The Hall–Kier alpha value is -0.570. The summed E-state index contributed by atoms with van der Waals surface area (Å²) in [6, 6.07) is 0.0176. The molecule has 1 fully saturated rings. The van der Waals surface area contributed by atoms with Gasteiger partial charge in [0.25, 0.3) is 0 Å². The summed E-state index contributed by atoms with van der Waals surface area (Å²) in [5.41, 5.74) is 0.137. The van der Waals surface area contributed by atoms with Gasteiger partial charge in [-0.2, -0.15) is 0 Å². The quantitative estimate of drug-likeness (QED) is 0.648. The van der Waals surface area contributed by atoms with E-state index in [9.17, 15) is 4.79 Å². The minimum absolute atomic E-state index is 0.0176. The van der Waals surface area contributed by atoms with E-state index >= 15 is 0 Å².